The molecule has 0 heterocycles. The third-order valence-corrected chi connectivity index (χ3v) is 4.85. The maximum Gasteiger partial charge on any atom is 0.282 e. The van der Waals surface area contributed by atoms with Crippen molar-refractivity contribution in [1.29, 1.82) is 0 Å². The van der Waals surface area contributed by atoms with Crippen molar-refractivity contribution in [2.75, 3.05) is 31.3 Å². The highest BCUT2D eigenvalue weighted by atomic mass is 16.5. The molecule has 6 nitrogen and oxygen atoms in total. The van der Waals surface area contributed by atoms with Crippen molar-refractivity contribution in [2.24, 2.45) is 0 Å². The largest absolute Gasteiger partial charge is 0.497 e. The summed E-state index contributed by atoms with van der Waals surface area (Å²) in [5.74, 6) is 0.407. The Morgan fingerprint density at radius 2 is 1.71 bits per heavy atom. The van der Waals surface area contributed by atoms with Crippen molar-refractivity contribution in [2.45, 2.75) is 33.7 Å². The van der Waals surface area contributed by atoms with Gasteiger partial charge in [-0.2, -0.15) is 0 Å². The Kier molecular flexibility index (Phi) is 7.18. The fourth-order valence-electron chi connectivity index (χ4n) is 3.14. The average Bonchev–Trinajstić information content (AvgIpc) is 2.64. The van der Waals surface area contributed by atoms with Gasteiger partial charge in [-0.3, -0.25) is 9.59 Å². The van der Waals surface area contributed by atoms with E-state index < -0.39 is 6.04 Å². The highest BCUT2D eigenvalue weighted by molar-refractivity contribution is 5.95. The van der Waals surface area contributed by atoms with Crippen LogP contribution in [0.15, 0.2) is 36.4 Å². The molecule has 2 aromatic carbocycles. The van der Waals surface area contributed by atoms with Crippen molar-refractivity contribution >= 4 is 23.2 Å². The number of methoxy groups -OCH3 is 1. The van der Waals surface area contributed by atoms with Crippen molar-refractivity contribution in [1.82, 2.24) is 0 Å². The number of carbonyl (C=O) groups excluding carboxylic acids is 2. The number of carbonyl (C=O) groups is 2. The second kappa shape index (κ2) is 9.37. The molecule has 2 atom stereocenters. The maximum atomic E-state index is 12.5. The van der Waals surface area contributed by atoms with E-state index in [1.807, 2.05) is 52.1 Å². The molecule has 6 heteroatoms. The minimum absolute atomic E-state index is 0.117. The number of rotatable bonds is 7. The minimum atomic E-state index is -0.392. The first-order valence-corrected chi connectivity index (χ1v) is 9.36. The standard InChI is InChI=1S/C22H29N3O3/c1-14-10-15(2)21(16(3)11-14)24-20(26)13-25(5)17(4)22(27)23-18-8-7-9-19(12-18)28-6/h7-12,17H,13H2,1-6H3,(H,23,27)(H,24,26)/p+1/t17-/m0/s1. The third-order valence-electron chi connectivity index (χ3n) is 4.85. The number of benzene rings is 2. The molecule has 2 amide bonds. The zero-order valence-electron chi connectivity index (χ0n) is 17.5. The molecule has 1 unspecified atom stereocenters. The summed E-state index contributed by atoms with van der Waals surface area (Å²) in [4.78, 5) is 25.8. The molecular formula is C22H30N3O3+. The molecule has 0 radical (unpaired) electrons. The predicted molar refractivity (Wildman–Crippen MR) is 112 cm³/mol. The van der Waals surface area contributed by atoms with Crippen molar-refractivity contribution in [3.63, 3.8) is 0 Å². The first kappa shape index (κ1) is 21.4. The van der Waals surface area contributed by atoms with E-state index in [0.29, 0.717) is 11.4 Å². The lowest BCUT2D eigenvalue weighted by Gasteiger charge is -2.21. The zero-order valence-corrected chi connectivity index (χ0v) is 17.5. The van der Waals surface area contributed by atoms with Crippen molar-refractivity contribution in [3.05, 3.63) is 53.1 Å². The lowest BCUT2D eigenvalue weighted by Crippen LogP contribution is -3.14. The lowest BCUT2D eigenvalue weighted by atomic mass is 10.1. The predicted octanol–water partition coefficient (Wildman–Crippen LogP) is 2.10. The average molecular weight is 385 g/mol. The second-order valence-electron chi connectivity index (χ2n) is 7.29. The quantitative estimate of drug-likeness (QED) is 0.685. The molecule has 0 fully saturated rings. The molecular weight excluding hydrogens is 354 g/mol. The number of hydrogen-bond donors (Lipinski definition) is 3. The summed E-state index contributed by atoms with van der Waals surface area (Å²) in [5.41, 5.74) is 4.74. The molecule has 0 saturated carbocycles. The van der Waals surface area contributed by atoms with E-state index in [4.69, 9.17) is 4.74 Å². The Bertz CT molecular complexity index is 841. The van der Waals surface area contributed by atoms with Gasteiger partial charge in [0.15, 0.2) is 12.6 Å². The van der Waals surface area contributed by atoms with E-state index in [1.165, 1.54) is 5.56 Å². The number of aryl methyl sites for hydroxylation is 3. The van der Waals surface area contributed by atoms with Crippen LogP contribution in [0, 0.1) is 20.8 Å². The Balaban J connectivity index is 1.96. The topological polar surface area (TPSA) is 71.9 Å². The Labute approximate surface area is 166 Å². The molecule has 28 heavy (non-hydrogen) atoms. The van der Waals surface area contributed by atoms with Gasteiger partial charge in [0.05, 0.1) is 14.2 Å². The Hall–Kier alpha value is -2.86. The molecule has 3 N–H and O–H groups in total. The van der Waals surface area contributed by atoms with Crippen LogP contribution in [0.4, 0.5) is 11.4 Å². The molecule has 0 aliphatic carbocycles. The van der Waals surface area contributed by atoms with Gasteiger partial charge in [-0.1, -0.05) is 23.8 Å². The van der Waals surface area contributed by atoms with Gasteiger partial charge in [-0.05, 0) is 51.0 Å². The van der Waals surface area contributed by atoms with Crippen LogP contribution < -0.4 is 20.3 Å². The first-order valence-electron chi connectivity index (χ1n) is 9.36. The van der Waals surface area contributed by atoms with Gasteiger partial charge >= 0.3 is 0 Å². The van der Waals surface area contributed by atoms with Gasteiger partial charge in [0.2, 0.25) is 0 Å². The number of nitrogens with one attached hydrogen (secondary N) is 3. The number of ether oxygens (including phenoxy) is 1. The molecule has 2 aromatic rings. The molecule has 0 aliphatic heterocycles. The van der Waals surface area contributed by atoms with Crippen molar-refractivity contribution < 1.29 is 19.2 Å². The summed E-state index contributed by atoms with van der Waals surface area (Å²) in [5, 5.41) is 5.86. The number of amides is 2. The van der Waals surface area contributed by atoms with Gasteiger partial charge in [-0.15, -0.1) is 0 Å². The molecule has 0 saturated heterocycles. The highest BCUT2D eigenvalue weighted by Gasteiger charge is 2.24. The zero-order chi connectivity index (χ0) is 20.8. The normalized spacial score (nSPS) is 12.8. The van der Waals surface area contributed by atoms with Crippen LogP contribution in [0.1, 0.15) is 23.6 Å². The van der Waals surface area contributed by atoms with E-state index in [9.17, 15) is 9.59 Å². The molecule has 0 spiro atoms. The van der Waals surface area contributed by atoms with Crippen LogP contribution in [0.3, 0.4) is 0 Å². The molecule has 150 valence electrons. The molecule has 0 aromatic heterocycles. The number of quaternary nitrogens is 1. The van der Waals surface area contributed by atoms with E-state index in [2.05, 4.69) is 10.6 Å². The van der Waals surface area contributed by atoms with Crippen LogP contribution in [0.5, 0.6) is 5.75 Å². The van der Waals surface area contributed by atoms with Gasteiger partial charge in [0.25, 0.3) is 11.8 Å². The molecule has 0 aliphatic rings. The third kappa shape index (κ3) is 5.57. The Morgan fingerprint density at radius 3 is 2.32 bits per heavy atom. The fraction of sp³-hybridized carbons (Fsp3) is 0.364. The van der Waals surface area contributed by atoms with E-state index >= 15 is 0 Å². The van der Waals surface area contributed by atoms with Gasteiger partial charge in [0, 0.05) is 17.4 Å². The summed E-state index contributed by atoms with van der Waals surface area (Å²) in [6.45, 7) is 8.00. The van der Waals surface area contributed by atoms with Gasteiger partial charge in [-0.25, -0.2) is 0 Å². The minimum Gasteiger partial charge on any atom is -0.497 e. The van der Waals surface area contributed by atoms with Crippen molar-refractivity contribution in [3.8, 4) is 5.75 Å². The number of hydrogen-bond acceptors (Lipinski definition) is 3. The molecule has 0 bridgehead atoms. The van der Waals surface area contributed by atoms with Crippen LogP contribution in [-0.2, 0) is 9.59 Å². The highest BCUT2D eigenvalue weighted by Crippen LogP contribution is 2.21. The van der Waals surface area contributed by atoms with E-state index in [0.717, 1.165) is 21.7 Å². The fourth-order valence-corrected chi connectivity index (χ4v) is 3.14. The van der Waals surface area contributed by atoms with E-state index in [-0.39, 0.29) is 18.4 Å². The van der Waals surface area contributed by atoms with Gasteiger partial charge < -0.3 is 20.3 Å². The molecule has 2 rings (SSSR count). The monoisotopic (exact) mass is 384 g/mol. The summed E-state index contributed by atoms with van der Waals surface area (Å²) >= 11 is 0. The summed E-state index contributed by atoms with van der Waals surface area (Å²) in [6.07, 6.45) is 0. The van der Waals surface area contributed by atoms with Crippen LogP contribution in [-0.4, -0.2) is 38.6 Å². The summed E-state index contributed by atoms with van der Waals surface area (Å²) in [6, 6.07) is 10.9. The number of anilines is 2. The van der Waals surface area contributed by atoms with Crippen LogP contribution in [0.25, 0.3) is 0 Å². The smallest absolute Gasteiger partial charge is 0.282 e. The summed E-state index contributed by atoms with van der Waals surface area (Å²) < 4.78 is 5.17. The van der Waals surface area contributed by atoms with Crippen LogP contribution in [0.2, 0.25) is 0 Å². The second-order valence-corrected chi connectivity index (χ2v) is 7.29. The SMILES string of the molecule is COc1cccc(NC(=O)[C@H](C)[NH+](C)CC(=O)Nc2c(C)cc(C)cc2C)c1. The Morgan fingerprint density at radius 1 is 1.07 bits per heavy atom. The summed E-state index contributed by atoms with van der Waals surface area (Å²) in [7, 11) is 3.42. The first-order chi connectivity index (χ1) is 13.2. The van der Waals surface area contributed by atoms with E-state index in [1.54, 1.807) is 26.2 Å². The van der Waals surface area contributed by atoms with Gasteiger partial charge in [0.1, 0.15) is 5.75 Å². The lowest BCUT2D eigenvalue weighted by molar-refractivity contribution is -0.885. The maximum absolute atomic E-state index is 12.5. The number of likely N-dealkylation sites (N-methyl/N-ethyl adjacent to an activating group) is 1. The van der Waals surface area contributed by atoms with Crippen LogP contribution >= 0.6 is 0 Å².